The number of aromatic hydroxyl groups is 1. The summed E-state index contributed by atoms with van der Waals surface area (Å²) in [6.45, 7) is 2.05. The predicted molar refractivity (Wildman–Crippen MR) is 86.1 cm³/mol. The summed E-state index contributed by atoms with van der Waals surface area (Å²) in [4.78, 5) is 0. The van der Waals surface area contributed by atoms with Gasteiger partial charge in [-0.2, -0.15) is 12.6 Å². The molecule has 100 valence electrons. The van der Waals surface area contributed by atoms with Crippen molar-refractivity contribution >= 4 is 31.8 Å². The molecule has 0 spiro atoms. The summed E-state index contributed by atoms with van der Waals surface area (Å²) >= 11 is 4.51. The first kappa shape index (κ1) is 14.2. The summed E-state index contributed by atoms with van der Waals surface area (Å²) in [6.07, 6.45) is 0. The number of benzene rings is 2. The molecule has 1 N–H and O–H groups in total. The number of phenols is 1. The molecular weight excluding hydrogens is 275 g/mol. The largest absolute Gasteiger partial charge is 0.507 e. The number of methoxy groups -OCH3 is 1. The van der Waals surface area contributed by atoms with Crippen LogP contribution in [0.25, 0.3) is 0 Å². The van der Waals surface area contributed by atoms with Gasteiger partial charge in [-0.1, -0.05) is 32.8 Å². The fraction of sp³-hybridized carbons (Fsp3) is 0.200. The Kier molecular flexibility index (Phi) is 4.73. The normalized spacial score (nSPS) is 12.8. The zero-order valence-corrected chi connectivity index (χ0v) is 12.8. The number of hydrogen-bond acceptors (Lipinski definition) is 3. The Morgan fingerprint density at radius 2 is 1.89 bits per heavy atom. The molecule has 0 amide bonds. The first-order valence-electron chi connectivity index (χ1n) is 6.03. The van der Waals surface area contributed by atoms with Crippen LogP contribution in [0.1, 0.15) is 17.7 Å². The SMILES string of the molecule is COc1ccc(O)c(Pc2ccccc2C(C)S)c1. The molecule has 0 fully saturated rings. The highest BCUT2D eigenvalue weighted by Gasteiger charge is 2.10. The van der Waals surface area contributed by atoms with Crippen LogP contribution in [-0.2, 0) is 0 Å². The van der Waals surface area contributed by atoms with E-state index >= 15 is 0 Å². The lowest BCUT2D eigenvalue weighted by Gasteiger charge is -2.13. The average molecular weight is 292 g/mol. The second-order valence-electron chi connectivity index (χ2n) is 4.27. The maximum atomic E-state index is 9.95. The topological polar surface area (TPSA) is 29.5 Å². The van der Waals surface area contributed by atoms with Gasteiger partial charge in [-0.3, -0.25) is 0 Å². The van der Waals surface area contributed by atoms with Crippen LogP contribution in [0.2, 0.25) is 0 Å². The molecule has 0 aliphatic rings. The molecule has 2 unspecified atom stereocenters. The molecule has 2 aromatic rings. The van der Waals surface area contributed by atoms with E-state index in [0.29, 0.717) is 14.3 Å². The van der Waals surface area contributed by atoms with E-state index in [4.69, 9.17) is 4.74 Å². The summed E-state index contributed by atoms with van der Waals surface area (Å²) in [5.74, 6) is 1.07. The van der Waals surface area contributed by atoms with Crippen LogP contribution < -0.4 is 15.3 Å². The second kappa shape index (κ2) is 6.31. The number of rotatable bonds is 4. The Morgan fingerprint density at radius 3 is 2.58 bits per heavy atom. The van der Waals surface area contributed by atoms with Crippen LogP contribution in [0.4, 0.5) is 0 Å². The highest BCUT2D eigenvalue weighted by Crippen LogP contribution is 2.27. The van der Waals surface area contributed by atoms with Gasteiger partial charge in [-0.25, -0.2) is 0 Å². The summed E-state index contributed by atoms with van der Waals surface area (Å²) in [7, 11) is 2.02. The molecule has 0 saturated heterocycles. The van der Waals surface area contributed by atoms with Crippen LogP contribution in [0.3, 0.4) is 0 Å². The van der Waals surface area contributed by atoms with Crippen molar-refractivity contribution in [2.24, 2.45) is 0 Å². The average Bonchev–Trinajstić information content (AvgIpc) is 2.41. The van der Waals surface area contributed by atoms with Crippen molar-refractivity contribution in [1.29, 1.82) is 0 Å². The summed E-state index contributed by atoms with van der Waals surface area (Å²) in [5.41, 5.74) is 1.20. The molecule has 4 heteroatoms. The highest BCUT2D eigenvalue weighted by atomic mass is 32.1. The molecule has 19 heavy (non-hydrogen) atoms. The molecule has 0 aliphatic heterocycles. The fourth-order valence-electron chi connectivity index (χ4n) is 1.86. The van der Waals surface area contributed by atoms with E-state index in [1.54, 1.807) is 19.2 Å². The molecule has 0 bridgehead atoms. The summed E-state index contributed by atoms with van der Waals surface area (Å²) in [6, 6.07) is 13.5. The van der Waals surface area contributed by atoms with Crippen LogP contribution in [0.15, 0.2) is 42.5 Å². The highest BCUT2D eigenvalue weighted by molar-refractivity contribution is 7.80. The smallest absolute Gasteiger partial charge is 0.123 e. The maximum absolute atomic E-state index is 9.95. The second-order valence-corrected chi connectivity index (χ2v) is 6.37. The van der Waals surface area contributed by atoms with Crippen molar-refractivity contribution in [3.05, 3.63) is 48.0 Å². The lowest BCUT2D eigenvalue weighted by Crippen LogP contribution is -2.10. The molecular formula is C15H17O2PS. The Bertz CT molecular complexity index is 570. The van der Waals surface area contributed by atoms with Crippen LogP contribution in [0.5, 0.6) is 11.5 Å². The van der Waals surface area contributed by atoms with E-state index in [1.807, 2.05) is 18.2 Å². The van der Waals surface area contributed by atoms with E-state index in [2.05, 4.69) is 31.7 Å². The fourth-order valence-corrected chi connectivity index (χ4v) is 3.55. The predicted octanol–water partition coefficient (Wildman–Crippen LogP) is 3.02. The number of hydrogen-bond donors (Lipinski definition) is 2. The molecule has 0 radical (unpaired) electrons. The van der Waals surface area contributed by atoms with Gasteiger partial charge in [-0.15, -0.1) is 0 Å². The van der Waals surface area contributed by atoms with Crippen LogP contribution in [-0.4, -0.2) is 12.2 Å². The minimum absolute atomic E-state index is 0.177. The van der Waals surface area contributed by atoms with Crippen LogP contribution >= 0.6 is 21.2 Å². The Hall–Kier alpha value is -1.18. The first-order chi connectivity index (χ1) is 9.11. The van der Waals surface area contributed by atoms with Gasteiger partial charge < -0.3 is 9.84 Å². The van der Waals surface area contributed by atoms with Crippen LogP contribution in [0, 0.1) is 0 Å². The Balaban J connectivity index is 2.36. The van der Waals surface area contributed by atoms with E-state index in [9.17, 15) is 5.11 Å². The Labute approximate surface area is 121 Å². The number of phenolic OH excluding ortho intramolecular Hbond substituents is 1. The summed E-state index contributed by atoms with van der Waals surface area (Å²) in [5, 5.41) is 12.2. The van der Waals surface area contributed by atoms with Crippen molar-refractivity contribution < 1.29 is 9.84 Å². The molecule has 0 heterocycles. The molecule has 0 aliphatic carbocycles. The zero-order chi connectivity index (χ0) is 13.8. The minimum atomic E-state index is 0.177. The van der Waals surface area contributed by atoms with Gasteiger partial charge in [-0.05, 0) is 36.0 Å². The van der Waals surface area contributed by atoms with Gasteiger partial charge in [0.1, 0.15) is 11.5 Å². The monoisotopic (exact) mass is 292 g/mol. The van der Waals surface area contributed by atoms with Gasteiger partial charge in [0, 0.05) is 10.6 Å². The standard InChI is InChI=1S/C15H17O2PS/c1-10(19)12-5-3-4-6-14(12)18-15-9-11(17-2)7-8-13(15)16/h3-10,16,18-19H,1-2H3. The van der Waals surface area contributed by atoms with Crippen molar-refractivity contribution in [1.82, 2.24) is 0 Å². The van der Waals surface area contributed by atoms with Crippen molar-refractivity contribution in [3.63, 3.8) is 0 Å². The van der Waals surface area contributed by atoms with Gasteiger partial charge in [0.15, 0.2) is 0 Å². The third-order valence-electron chi connectivity index (χ3n) is 2.88. The molecule has 2 nitrogen and oxygen atoms in total. The Morgan fingerprint density at radius 1 is 1.16 bits per heavy atom. The first-order valence-corrected chi connectivity index (χ1v) is 7.54. The van der Waals surface area contributed by atoms with E-state index < -0.39 is 0 Å². The minimum Gasteiger partial charge on any atom is -0.507 e. The molecule has 2 aromatic carbocycles. The van der Waals surface area contributed by atoms with Crippen molar-refractivity contribution in [2.75, 3.05) is 7.11 Å². The van der Waals surface area contributed by atoms with E-state index in [0.717, 1.165) is 11.1 Å². The third-order valence-corrected chi connectivity index (χ3v) is 4.56. The maximum Gasteiger partial charge on any atom is 0.123 e. The number of ether oxygens (including phenoxy) is 1. The van der Waals surface area contributed by atoms with Gasteiger partial charge in [0.05, 0.1) is 7.11 Å². The van der Waals surface area contributed by atoms with E-state index in [1.165, 1.54) is 10.9 Å². The van der Waals surface area contributed by atoms with Crippen molar-refractivity contribution in [2.45, 2.75) is 12.2 Å². The van der Waals surface area contributed by atoms with Gasteiger partial charge >= 0.3 is 0 Å². The number of thiol groups is 1. The quantitative estimate of drug-likeness (QED) is 0.670. The molecule has 2 rings (SSSR count). The third kappa shape index (κ3) is 3.43. The summed E-state index contributed by atoms with van der Waals surface area (Å²) < 4.78 is 5.20. The lowest BCUT2D eigenvalue weighted by atomic mass is 10.2. The van der Waals surface area contributed by atoms with Gasteiger partial charge in [0.25, 0.3) is 0 Å². The van der Waals surface area contributed by atoms with E-state index in [-0.39, 0.29) is 5.25 Å². The van der Waals surface area contributed by atoms with Crippen molar-refractivity contribution in [3.8, 4) is 11.5 Å². The molecule has 2 atom stereocenters. The molecule has 0 aromatic heterocycles. The van der Waals surface area contributed by atoms with Gasteiger partial charge in [0.2, 0.25) is 0 Å². The molecule has 0 saturated carbocycles. The lowest BCUT2D eigenvalue weighted by molar-refractivity contribution is 0.413. The zero-order valence-electron chi connectivity index (χ0n) is 10.9.